The number of hydrogen-bond acceptors (Lipinski definition) is 8. The van der Waals surface area contributed by atoms with Crippen LogP contribution in [0.5, 0.6) is 0 Å². The van der Waals surface area contributed by atoms with Gasteiger partial charge in [-0.25, -0.2) is 14.4 Å². The Labute approximate surface area is 320 Å². The quantitative estimate of drug-likeness (QED) is 0.107. The van der Waals surface area contributed by atoms with E-state index in [1.54, 1.807) is 9.80 Å². The number of para-hydroxylation sites is 1. The highest BCUT2D eigenvalue weighted by atomic mass is 16.6. The monoisotopic (exact) mass is 743 g/mol. The van der Waals surface area contributed by atoms with Crippen LogP contribution in [0.15, 0.2) is 84.9 Å². The molecule has 1 aliphatic rings. The summed E-state index contributed by atoms with van der Waals surface area (Å²) in [6, 6.07) is 27.0. The van der Waals surface area contributed by atoms with E-state index in [0.29, 0.717) is 38.0 Å². The SMILES string of the molecule is CN(CCN1CCC(OC(=O)Nc2ccccc2-c2ccccc2)CC1)C(=O)CCCCCN(CCNC(=O)OCc1ccccc1)C(=O)OC(C)(C)C. The summed E-state index contributed by atoms with van der Waals surface area (Å²) in [6.07, 6.45) is 2.47. The number of anilines is 1. The van der Waals surface area contributed by atoms with Crippen molar-refractivity contribution in [2.75, 3.05) is 58.2 Å². The first-order valence-corrected chi connectivity index (χ1v) is 19.0. The third-order valence-electron chi connectivity index (χ3n) is 9.07. The largest absolute Gasteiger partial charge is 0.446 e. The molecule has 0 unspecified atom stereocenters. The number of alkyl carbamates (subject to hydrolysis) is 1. The summed E-state index contributed by atoms with van der Waals surface area (Å²) >= 11 is 0. The van der Waals surface area contributed by atoms with Crippen LogP contribution in [0.2, 0.25) is 0 Å². The molecule has 4 rings (SSSR count). The molecule has 54 heavy (non-hydrogen) atoms. The molecule has 0 atom stereocenters. The lowest BCUT2D eigenvalue weighted by Gasteiger charge is -2.32. The van der Waals surface area contributed by atoms with Gasteiger partial charge in [0, 0.05) is 64.8 Å². The highest BCUT2D eigenvalue weighted by molar-refractivity contribution is 5.91. The molecule has 1 heterocycles. The Morgan fingerprint density at radius 3 is 2.17 bits per heavy atom. The van der Waals surface area contributed by atoms with Crippen molar-refractivity contribution in [3.63, 3.8) is 0 Å². The maximum Gasteiger partial charge on any atom is 0.411 e. The van der Waals surface area contributed by atoms with Gasteiger partial charge in [-0.05, 0) is 63.6 Å². The van der Waals surface area contributed by atoms with Gasteiger partial charge < -0.3 is 34.2 Å². The summed E-state index contributed by atoms with van der Waals surface area (Å²) in [5, 5.41) is 5.63. The molecule has 3 aromatic carbocycles. The number of amides is 4. The number of likely N-dealkylation sites (tertiary alicyclic amines) is 1. The second-order valence-corrected chi connectivity index (χ2v) is 14.6. The van der Waals surface area contributed by atoms with Gasteiger partial charge in [0.1, 0.15) is 18.3 Å². The van der Waals surface area contributed by atoms with Crippen LogP contribution in [0.1, 0.15) is 64.9 Å². The molecule has 2 N–H and O–H groups in total. The number of unbranched alkanes of at least 4 members (excludes halogenated alkanes) is 2. The van der Waals surface area contributed by atoms with Gasteiger partial charge >= 0.3 is 18.3 Å². The lowest BCUT2D eigenvalue weighted by molar-refractivity contribution is -0.130. The van der Waals surface area contributed by atoms with Crippen molar-refractivity contribution in [3.05, 3.63) is 90.5 Å². The minimum absolute atomic E-state index is 0.0860. The van der Waals surface area contributed by atoms with Gasteiger partial charge in [0.05, 0.1) is 5.69 Å². The van der Waals surface area contributed by atoms with Gasteiger partial charge in [-0.2, -0.15) is 0 Å². The second-order valence-electron chi connectivity index (χ2n) is 14.6. The van der Waals surface area contributed by atoms with Gasteiger partial charge in [0.2, 0.25) is 5.91 Å². The van der Waals surface area contributed by atoms with Crippen LogP contribution in [0, 0.1) is 0 Å². The first-order valence-electron chi connectivity index (χ1n) is 19.0. The number of piperidine rings is 1. The molecule has 0 bridgehead atoms. The fourth-order valence-electron chi connectivity index (χ4n) is 6.05. The molecule has 0 aromatic heterocycles. The van der Waals surface area contributed by atoms with E-state index >= 15 is 0 Å². The summed E-state index contributed by atoms with van der Waals surface area (Å²) in [7, 11) is 1.83. The minimum Gasteiger partial charge on any atom is -0.446 e. The standard InChI is InChI=1S/C42H57N5O7/c1-42(2,3)54-41(51)47(29-25-43-39(49)52-32-33-16-8-5-9-17-33)26-15-7-12-22-38(48)45(4)30-31-46-27-23-35(24-28-46)53-40(50)44-37-21-14-13-20-36(37)34-18-10-6-11-19-34/h5-6,8-11,13-14,16-21,35H,7,12,15,22-32H2,1-4H3,(H,43,49)(H,44,50). The van der Waals surface area contributed by atoms with E-state index in [2.05, 4.69) is 15.5 Å². The van der Waals surface area contributed by atoms with Gasteiger partial charge in [0.15, 0.2) is 0 Å². The van der Waals surface area contributed by atoms with Crippen LogP contribution in [-0.4, -0.2) is 103 Å². The van der Waals surface area contributed by atoms with Crippen molar-refractivity contribution in [1.82, 2.24) is 20.0 Å². The van der Waals surface area contributed by atoms with Gasteiger partial charge in [0.25, 0.3) is 0 Å². The van der Waals surface area contributed by atoms with E-state index in [1.165, 1.54) is 0 Å². The molecule has 0 saturated carbocycles. The Morgan fingerprint density at radius 2 is 1.46 bits per heavy atom. The van der Waals surface area contributed by atoms with E-state index in [4.69, 9.17) is 14.2 Å². The Kier molecular flexibility index (Phi) is 16.6. The third kappa shape index (κ3) is 15.1. The Hall–Kier alpha value is -5.10. The molecule has 12 nitrogen and oxygen atoms in total. The predicted octanol–water partition coefficient (Wildman–Crippen LogP) is 7.55. The number of nitrogens with one attached hydrogen (secondary N) is 2. The predicted molar refractivity (Wildman–Crippen MR) is 210 cm³/mol. The van der Waals surface area contributed by atoms with Crippen LogP contribution in [-0.2, 0) is 25.6 Å². The van der Waals surface area contributed by atoms with E-state index in [-0.39, 0.29) is 31.7 Å². The zero-order chi connectivity index (χ0) is 38.8. The lowest BCUT2D eigenvalue weighted by atomic mass is 10.0. The molecular weight excluding hydrogens is 686 g/mol. The van der Waals surface area contributed by atoms with E-state index in [0.717, 1.165) is 55.6 Å². The number of benzene rings is 3. The molecule has 1 fully saturated rings. The summed E-state index contributed by atoms with van der Waals surface area (Å²) in [5.74, 6) is 0.0860. The third-order valence-corrected chi connectivity index (χ3v) is 9.07. The molecule has 292 valence electrons. The molecular formula is C42H57N5O7. The fourth-order valence-corrected chi connectivity index (χ4v) is 6.05. The Morgan fingerprint density at radius 1 is 0.796 bits per heavy atom. The van der Waals surface area contributed by atoms with Crippen LogP contribution < -0.4 is 10.6 Å². The molecule has 0 spiro atoms. The van der Waals surface area contributed by atoms with E-state index in [9.17, 15) is 19.2 Å². The highest BCUT2D eigenvalue weighted by Gasteiger charge is 2.24. The highest BCUT2D eigenvalue weighted by Crippen LogP contribution is 2.28. The molecule has 12 heteroatoms. The number of carbonyl (C=O) groups is 4. The summed E-state index contributed by atoms with van der Waals surface area (Å²) in [4.78, 5) is 56.3. The van der Waals surface area contributed by atoms with E-state index < -0.39 is 23.9 Å². The molecule has 1 saturated heterocycles. The number of nitrogens with zero attached hydrogens (tertiary/aromatic N) is 3. The molecule has 4 amide bonds. The summed E-state index contributed by atoms with van der Waals surface area (Å²) in [5.41, 5.74) is 2.91. The molecule has 3 aromatic rings. The smallest absolute Gasteiger partial charge is 0.411 e. The minimum atomic E-state index is -0.648. The molecule has 0 aliphatic carbocycles. The lowest BCUT2D eigenvalue weighted by Crippen LogP contribution is -2.42. The summed E-state index contributed by atoms with van der Waals surface area (Å²) in [6.45, 7) is 9.51. The molecule has 1 aliphatic heterocycles. The topological polar surface area (TPSA) is 130 Å². The number of hydrogen-bond donors (Lipinski definition) is 2. The van der Waals surface area contributed by atoms with E-state index in [1.807, 2.05) is 113 Å². The van der Waals surface area contributed by atoms with Crippen molar-refractivity contribution in [2.24, 2.45) is 0 Å². The van der Waals surface area contributed by atoms with Gasteiger partial charge in [-0.15, -0.1) is 0 Å². The van der Waals surface area contributed by atoms with Crippen LogP contribution in [0.25, 0.3) is 11.1 Å². The first kappa shape index (κ1) is 41.7. The van der Waals surface area contributed by atoms with Crippen molar-refractivity contribution < 1.29 is 33.4 Å². The number of likely N-dealkylation sites (N-methyl/N-ethyl adjacent to an activating group) is 1. The summed E-state index contributed by atoms with van der Waals surface area (Å²) < 4.78 is 16.6. The van der Waals surface area contributed by atoms with Crippen molar-refractivity contribution in [2.45, 2.75) is 77.6 Å². The normalized spacial score (nSPS) is 13.4. The molecule has 0 radical (unpaired) electrons. The number of carbonyl (C=O) groups excluding carboxylic acids is 4. The average Bonchev–Trinajstić information content (AvgIpc) is 3.16. The fraction of sp³-hybridized carbons (Fsp3) is 0.476. The van der Waals surface area contributed by atoms with Crippen LogP contribution in [0.4, 0.5) is 20.1 Å². The van der Waals surface area contributed by atoms with Crippen molar-refractivity contribution in [1.29, 1.82) is 0 Å². The van der Waals surface area contributed by atoms with Crippen LogP contribution in [0.3, 0.4) is 0 Å². The maximum absolute atomic E-state index is 12.9. The second kappa shape index (κ2) is 21.6. The number of ether oxygens (including phenoxy) is 3. The number of rotatable bonds is 17. The van der Waals surface area contributed by atoms with Crippen LogP contribution >= 0.6 is 0 Å². The zero-order valence-corrected chi connectivity index (χ0v) is 32.3. The van der Waals surface area contributed by atoms with Crippen molar-refractivity contribution >= 4 is 29.9 Å². The van der Waals surface area contributed by atoms with Gasteiger partial charge in [-0.1, -0.05) is 85.3 Å². The zero-order valence-electron chi connectivity index (χ0n) is 32.3. The Balaban J connectivity index is 1.09. The maximum atomic E-state index is 12.9. The average molecular weight is 744 g/mol. The van der Waals surface area contributed by atoms with Crippen molar-refractivity contribution in [3.8, 4) is 11.1 Å². The van der Waals surface area contributed by atoms with Gasteiger partial charge in [-0.3, -0.25) is 10.1 Å². The first-order chi connectivity index (χ1) is 26.0. The Bertz CT molecular complexity index is 1610.